The SMILES string of the molecule is COC(=O)c1c(C(=O)OC)c(-c2ccc(NC(=O)c3ccc(OC)c([N+](=O)[O-])c3)cc2)n2c1CCC2. The number of carbonyl (C=O) groups excluding carboxylic acids is 3. The summed E-state index contributed by atoms with van der Waals surface area (Å²) >= 11 is 0. The first-order valence-corrected chi connectivity index (χ1v) is 11.0. The molecule has 0 atom stereocenters. The van der Waals surface area contributed by atoms with Gasteiger partial charge in [-0.25, -0.2) is 9.59 Å². The van der Waals surface area contributed by atoms with Crippen LogP contribution in [0.5, 0.6) is 5.75 Å². The number of esters is 2. The highest BCUT2D eigenvalue weighted by Crippen LogP contribution is 2.37. The molecule has 0 saturated heterocycles. The molecule has 0 radical (unpaired) electrons. The molecule has 4 rings (SSSR count). The maximum atomic E-state index is 12.7. The molecule has 0 bridgehead atoms. The van der Waals surface area contributed by atoms with E-state index in [0.717, 1.165) is 18.2 Å². The Balaban J connectivity index is 1.67. The highest BCUT2D eigenvalue weighted by molar-refractivity contribution is 6.09. The largest absolute Gasteiger partial charge is 0.490 e. The predicted octanol–water partition coefficient (Wildman–Crippen LogP) is 3.84. The van der Waals surface area contributed by atoms with Crippen LogP contribution in [0.2, 0.25) is 0 Å². The van der Waals surface area contributed by atoms with Crippen LogP contribution in [0.15, 0.2) is 42.5 Å². The minimum absolute atomic E-state index is 0.0494. The van der Waals surface area contributed by atoms with Crippen molar-refractivity contribution in [1.29, 1.82) is 0 Å². The van der Waals surface area contributed by atoms with Gasteiger partial charge in [-0.2, -0.15) is 0 Å². The molecular weight excluding hydrogens is 470 g/mol. The summed E-state index contributed by atoms with van der Waals surface area (Å²) in [7, 11) is 3.82. The Morgan fingerprint density at radius 1 is 0.972 bits per heavy atom. The lowest BCUT2D eigenvalue weighted by Crippen LogP contribution is -2.13. The van der Waals surface area contributed by atoms with Crippen LogP contribution in [0.3, 0.4) is 0 Å². The number of nitro benzene ring substituents is 1. The van der Waals surface area contributed by atoms with Crippen LogP contribution in [0.4, 0.5) is 11.4 Å². The van der Waals surface area contributed by atoms with Crippen LogP contribution >= 0.6 is 0 Å². The normalized spacial score (nSPS) is 12.0. The number of carbonyl (C=O) groups is 3. The first-order chi connectivity index (χ1) is 17.3. The van der Waals surface area contributed by atoms with E-state index in [4.69, 9.17) is 14.2 Å². The summed E-state index contributed by atoms with van der Waals surface area (Å²) in [6.45, 7) is 0.625. The third-order valence-electron chi connectivity index (χ3n) is 6.00. The van der Waals surface area contributed by atoms with E-state index in [1.165, 1.54) is 33.5 Å². The summed E-state index contributed by atoms with van der Waals surface area (Å²) in [6.07, 6.45) is 1.44. The van der Waals surface area contributed by atoms with Crippen LogP contribution in [-0.2, 0) is 22.4 Å². The molecule has 1 amide bonds. The van der Waals surface area contributed by atoms with E-state index < -0.39 is 22.8 Å². The van der Waals surface area contributed by atoms with Crippen molar-refractivity contribution in [3.8, 4) is 17.0 Å². The Hall–Kier alpha value is -4.67. The van der Waals surface area contributed by atoms with Gasteiger partial charge in [-0.3, -0.25) is 14.9 Å². The highest BCUT2D eigenvalue weighted by Gasteiger charge is 2.34. The fourth-order valence-corrected chi connectivity index (χ4v) is 4.39. The summed E-state index contributed by atoms with van der Waals surface area (Å²) in [5.74, 6) is -1.75. The number of nitrogens with zero attached hydrogens (tertiary/aromatic N) is 2. The van der Waals surface area contributed by atoms with Gasteiger partial charge in [-0.05, 0) is 42.7 Å². The van der Waals surface area contributed by atoms with Crippen LogP contribution in [-0.4, -0.2) is 48.7 Å². The molecule has 0 spiro atoms. The molecule has 36 heavy (non-hydrogen) atoms. The van der Waals surface area contributed by atoms with Crippen molar-refractivity contribution in [2.24, 2.45) is 0 Å². The van der Waals surface area contributed by atoms with E-state index in [2.05, 4.69) is 5.32 Å². The highest BCUT2D eigenvalue weighted by atomic mass is 16.6. The Labute approximate surface area is 205 Å². The van der Waals surface area contributed by atoms with E-state index in [-0.39, 0.29) is 28.1 Å². The zero-order chi connectivity index (χ0) is 26.0. The lowest BCUT2D eigenvalue weighted by atomic mass is 10.0. The number of benzene rings is 2. The summed E-state index contributed by atoms with van der Waals surface area (Å²) in [5.41, 5.74) is 2.45. The Morgan fingerprint density at radius 2 is 1.64 bits per heavy atom. The average molecular weight is 493 g/mol. The minimum Gasteiger partial charge on any atom is -0.490 e. The van der Waals surface area contributed by atoms with Crippen molar-refractivity contribution in [2.45, 2.75) is 19.4 Å². The van der Waals surface area contributed by atoms with Crippen molar-refractivity contribution < 1.29 is 33.5 Å². The average Bonchev–Trinajstić information content (AvgIpc) is 3.48. The van der Waals surface area contributed by atoms with Gasteiger partial charge in [0, 0.05) is 29.6 Å². The fourth-order valence-electron chi connectivity index (χ4n) is 4.39. The van der Waals surface area contributed by atoms with Crippen molar-refractivity contribution in [2.75, 3.05) is 26.6 Å². The lowest BCUT2D eigenvalue weighted by Gasteiger charge is -2.11. The van der Waals surface area contributed by atoms with E-state index >= 15 is 0 Å². The van der Waals surface area contributed by atoms with Crippen molar-refractivity contribution in [1.82, 2.24) is 4.57 Å². The number of hydrogen-bond acceptors (Lipinski definition) is 8. The molecule has 0 aliphatic carbocycles. The Morgan fingerprint density at radius 3 is 2.25 bits per heavy atom. The smallest absolute Gasteiger partial charge is 0.340 e. The molecule has 1 aromatic heterocycles. The monoisotopic (exact) mass is 493 g/mol. The summed E-state index contributed by atoms with van der Waals surface area (Å²) in [5, 5.41) is 14.0. The second kappa shape index (κ2) is 9.90. The van der Waals surface area contributed by atoms with E-state index in [9.17, 15) is 24.5 Å². The van der Waals surface area contributed by atoms with Gasteiger partial charge in [0.2, 0.25) is 0 Å². The first-order valence-electron chi connectivity index (χ1n) is 11.0. The molecule has 1 aliphatic rings. The zero-order valence-electron chi connectivity index (χ0n) is 19.8. The number of nitro groups is 1. The Bertz CT molecular complexity index is 1370. The minimum atomic E-state index is -0.647. The van der Waals surface area contributed by atoms with Crippen LogP contribution in [0, 0.1) is 10.1 Å². The van der Waals surface area contributed by atoms with Gasteiger partial charge in [-0.1, -0.05) is 12.1 Å². The van der Waals surface area contributed by atoms with Crippen molar-refractivity contribution >= 4 is 29.2 Å². The van der Waals surface area contributed by atoms with E-state index in [0.29, 0.717) is 29.9 Å². The topological polar surface area (TPSA) is 139 Å². The number of aromatic nitrogens is 1. The molecule has 0 unspecified atom stereocenters. The van der Waals surface area contributed by atoms with Gasteiger partial charge in [0.25, 0.3) is 5.91 Å². The molecule has 0 fully saturated rings. The standard InChI is InChI=1S/C25H23N3O8/c1-34-19-11-8-15(13-18(19)28(32)33)23(29)26-16-9-6-14(7-10-16)22-21(25(31)36-3)20(24(30)35-2)17-5-4-12-27(17)22/h6-11,13H,4-5,12H2,1-3H3,(H,26,29). The summed E-state index contributed by atoms with van der Waals surface area (Å²) < 4.78 is 16.8. The second-order valence-corrected chi connectivity index (χ2v) is 7.96. The van der Waals surface area contributed by atoms with E-state index in [1.54, 1.807) is 24.3 Å². The number of nitrogens with one attached hydrogen (secondary N) is 1. The molecule has 1 N–H and O–H groups in total. The van der Waals surface area contributed by atoms with Gasteiger partial charge >= 0.3 is 17.6 Å². The summed E-state index contributed by atoms with van der Waals surface area (Å²) in [6, 6.07) is 10.6. The van der Waals surface area contributed by atoms with Gasteiger partial charge < -0.3 is 24.1 Å². The lowest BCUT2D eigenvalue weighted by molar-refractivity contribution is -0.385. The van der Waals surface area contributed by atoms with Gasteiger partial charge in [0.15, 0.2) is 5.75 Å². The number of amides is 1. The number of anilines is 1. The quantitative estimate of drug-likeness (QED) is 0.298. The predicted molar refractivity (Wildman–Crippen MR) is 128 cm³/mol. The molecule has 11 heteroatoms. The number of rotatable bonds is 7. The van der Waals surface area contributed by atoms with Crippen LogP contribution in [0.1, 0.15) is 43.2 Å². The van der Waals surface area contributed by atoms with Gasteiger partial charge in [-0.15, -0.1) is 0 Å². The van der Waals surface area contributed by atoms with Crippen molar-refractivity contribution in [3.63, 3.8) is 0 Å². The molecular formula is C25H23N3O8. The Kier molecular flexibility index (Phi) is 6.73. The second-order valence-electron chi connectivity index (χ2n) is 7.96. The summed E-state index contributed by atoms with van der Waals surface area (Å²) in [4.78, 5) is 48.6. The van der Waals surface area contributed by atoms with Crippen LogP contribution in [0.25, 0.3) is 11.3 Å². The molecule has 1 aliphatic heterocycles. The van der Waals surface area contributed by atoms with Gasteiger partial charge in [0.05, 0.1) is 37.5 Å². The molecule has 186 valence electrons. The van der Waals surface area contributed by atoms with Gasteiger partial charge in [0.1, 0.15) is 5.56 Å². The fraction of sp³-hybridized carbons (Fsp3) is 0.240. The maximum absolute atomic E-state index is 12.7. The molecule has 3 aromatic rings. The maximum Gasteiger partial charge on any atom is 0.340 e. The number of ether oxygens (including phenoxy) is 3. The number of hydrogen-bond donors (Lipinski definition) is 1. The molecule has 2 aromatic carbocycles. The molecule has 0 saturated carbocycles. The number of fused-ring (bicyclic) bond motifs is 1. The molecule has 11 nitrogen and oxygen atoms in total. The number of methoxy groups -OCH3 is 3. The van der Waals surface area contributed by atoms with E-state index in [1.807, 2.05) is 4.57 Å². The van der Waals surface area contributed by atoms with Crippen LogP contribution < -0.4 is 10.1 Å². The molecule has 2 heterocycles. The third-order valence-corrected chi connectivity index (χ3v) is 6.00. The first kappa shape index (κ1) is 24.5. The third kappa shape index (κ3) is 4.26. The van der Waals surface area contributed by atoms with Crippen molar-refractivity contribution in [3.05, 3.63) is 75.0 Å². The zero-order valence-corrected chi connectivity index (χ0v) is 19.8.